The number of aliphatic hydroxyl groups is 1. The van der Waals surface area contributed by atoms with Crippen molar-refractivity contribution in [2.75, 3.05) is 26.2 Å². The smallest absolute Gasteiger partial charge is 0.0900 e. The van der Waals surface area contributed by atoms with E-state index in [2.05, 4.69) is 18.7 Å². The molecule has 112 valence electrons. The fourth-order valence-corrected chi connectivity index (χ4v) is 2.67. The first-order chi connectivity index (χ1) is 9.63. The lowest BCUT2D eigenvalue weighted by atomic mass is 10.2. The Hall–Kier alpha value is -0.940. The average molecular weight is 279 g/mol. The molecule has 1 fully saturated rings. The van der Waals surface area contributed by atoms with Crippen molar-refractivity contribution in [2.45, 2.75) is 38.8 Å². The van der Waals surface area contributed by atoms with Crippen LogP contribution in [0.3, 0.4) is 0 Å². The maximum Gasteiger partial charge on any atom is 0.0900 e. The van der Waals surface area contributed by atoms with Gasteiger partial charge in [0, 0.05) is 19.6 Å². The number of aliphatic hydroxyl groups excluding tert-OH is 1. The molecule has 3 atom stereocenters. The van der Waals surface area contributed by atoms with Crippen LogP contribution in [0.4, 0.5) is 0 Å². The van der Waals surface area contributed by atoms with Crippen LogP contribution in [0.5, 0.6) is 0 Å². The van der Waals surface area contributed by atoms with Crippen molar-refractivity contribution >= 4 is 0 Å². The molecule has 1 aliphatic rings. The van der Waals surface area contributed by atoms with Crippen molar-refractivity contribution in [3.8, 4) is 0 Å². The molecule has 0 saturated carbocycles. The first kappa shape index (κ1) is 15.4. The van der Waals surface area contributed by atoms with Crippen LogP contribution in [0.15, 0.2) is 30.3 Å². The Morgan fingerprint density at radius 2 is 1.90 bits per heavy atom. The predicted octanol–water partition coefficient (Wildman–Crippen LogP) is 1.67. The second kappa shape index (κ2) is 7.74. The Morgan fingerprint density at radius 3 is 2.55 bits per heavy atom. The van der Waals surface area contributed by atoms with Gasteiger partial charge in [0.05, 0.1) is 31.5 Å². The number of nitrogens with zero attached hydrogens (tertiary/aromatic N) is 1. The van der Waals surface area contributed by atoms with Gasteiger partial charge in [0.25, 0.3) is 0 Å². The van der Waals surface area contributed by atoms with Crippen LogP contribution in [0, 0.1) is 0 Å². The Morgan fingerprint density at radius 1 is 1.25 bits per heavy atom. The normalized spacial score (nSPS) is 25.6. The molecule has 0 spiro atoms. The molecular formula is C16H25NO3. The van der Waals surface area contributed by atoms with Crippen molar-refractivity contribution in [3.05, 3.63) is 35.9 Å². The van der Waals surface area contributed by atoms with E-state index < -0.39 is 6.10 Å². The molecule has 0 aliphatic carbocycles. The van der Waals surface area contributed by atoms with E-state index in [1.807, 2.05) is 30.3 Å². The SMILES string of the molecule is C[C@H]1CN(C[C@H](O)COCc2ccccc2)C[C@H](C)O1. The van der Waals surface area contributed by atoms with E-state index in [1.165, 1.54) is 0 Å². The maximum atomic E-state index is 10.0. The van der Waals surface area contributed by atoms with Crippen molar-refractivity contribution in [1.29, 1.82) is 0 Å². The van der Waals surface area contributed by atoms with Gasteiger partial charge in [-0.25, -0.2) is 0 Å². The highest BCUT2D eigenvalue weighted by Crippen LogP contribution is 2.11. The molecule has 1 aromatic carbocycles. The lowest BCUT2D eigenvalue weighted by Crippen LogP contribution is -2.48. The van der Waals surface area contributed by atoms with Crippen molar-refractivity contribution in [1.82, 2.24) is 4.90 Å². The summed E-state index contributed by atoms with van der Waals surface area (Å²) in [6.45, 7) is 7.46. The summed E-state index contributed by atoms with van der Waals surface area (Å²) in [6, 6.07) is 10.0. The Labute approximate surface area is 121 Å². The van der Waals surface area contributed by atoms with E-state index in [0.717, 1.165) is 18.7 Å². The van der Waals surface area contributed by atoms with Gasteiger partial charge >= 0.3 is 0 Å². The van der Waals surface area contributed by atoms with Gasteiger partial charge in [-0.3, -0.25) is 4.90 Å². The summed E-state index contributed by atoms with van der Waals surface area (Å²) in [5.74, 6) is 0. The summed E-state index contributed by atoms with van der Waals surface area (Å²) in [5.41, 5.74) is 1.13. The summed E-state index contributed by atoms with van der Waals surface area (Å²) in [6.07, 6.45) is 0.0172. The summed E-state index contributed by atoms with van der Waals surface area (Å²) in [4.78, 5) is 2.25. The summed E-state index contributed by atoms with van der Waals surface area (Å²) >= 11 is 0. The molecule has 1 aromatic rings. The Bertz CT molecular complexity index is 375. The van der Waals surface area contributed by atoms with E-state index in [0.29, 0.717) is 19.8 Å². The number of hydrogen-bond donors (Lipinski definition) is 1. The van der Waals surface area contributed by atoms with Crippen molar-refractivity contribution in [2.24, 2.45) is 0 Å². The minimum absolute atomic E-state index is 0.233. The molecule has 20 heavy (non-hydrogen) atoms. The standard InChI is InChI=1S/C16H25NO3/c1-13-8-17(9-14(2)20-13)10-16(18)12-19-11-15-6-4-3-5-7-15/h3-7,13-14,16,18H,8-12H2,1-2H3/t13-,14-,16-/m0/s1. The van der Waals surface area contributed by atoms with Crippen LogP contribution < -0.4 is 0 Å². The van der Waals surface area contributed by atoms with Gasteiger partial charge in [0.15, 0.2) is 0 Å². The van der Waals surface area contributed by atoms with Gasteiger partial charge in [-0.2, -0.15) is 0 Å². The lowest BCUT2D eigenvalue weighted by Gasteiger charge is -2.36. The zero-order valence-electron chi connectivity index (χ0n) is 12.4. The third-order valence-electron chi connectivity index (χ3n) is 3.39. The van der Waals surface area contributed by atoms with Gasteiger partial charge in [0.1, 0.15) is 0 Å². The van der Waals surface area contributed by atoms with E-state index in [4.69, 9.17) is 9.47 Å². The Kier molecular flexibility index (Phi) is 5.98. The van der Waals surface area contributed by atoms with Crippen molar-refractivity contribution < 1.29 is 14.6 Å². The molecule has 4 heteroatoms. The molecule has 1 saturated heterocycles. The molecule has 1 aliphatic heterocycles. The largest absolute Gasteiger partial charge is 0.389 e. The van der Waals surface area contributed by atoms with E-state index in [-0.39, 0.29) is 12.2 Å². The third-order valence-corrected chi connectivity index (χ3v) is 3.39. The van der Waals surface area contributed by atoms with Gasteiger partial charge in [0.2, 0.25) is 0 Å². The fourth-order valence-electron chi connectivity index (χ4n) is 2.67. The lowest BCUT2D eigenvalue weighted by molar-refractivity contribution is -0.0826. The molecule has 1 heterocycles. The topological polar surface area (TPSA) is 41.9 Å². The number of hydrogen-bond acceptors (Lipinski definition) is 4. The van der Waals surface area contributed by atoms with Crippen molar-refractivity contribution in [3.63, 3.8) is 0 Å². The van der Waals surface area contributed by atoms with Crippen LogP contribution in [0.25, 0.3) is 0 Å². The van der Waals surface area contributed by atoms with Gasteiger partial charge in [-0.15, -0.1) is 0 Å². The maximum absolute atomic E-state index is 10.0. The zero-order valence-corrected chi connectivity index (χ0v) is 12.4. The number of ether oxygens (including phenoxy) is 2. The number of benzene rings is 1. The van der Waals surface area contributed by atoms with E-state index >= 15 is 0 Å². The molecule has 1 N–H and O–H groups in total. The molecule has 0 amide bonds. The van der Waals surface area contributed by atoms with Gasteiger partial charge in [-0.1, -0.05) is 30.3 Å². The monoisotopic (exact) mass is 279 g/mol. The van der Waals surface area contributed by atoms with Crippen LogP contribution in [0.2, 0.25) is 0 Å². The highest BCUT2D eigenvalue weighted by molar-refractivity contribution is 5.13. The molecule has 2 rings (SSSR count). The van der Waals surface area contributed by atoms with Gasteiger partial charge in [-0.05, 0) is 19.4 Å². The summed E-state index contributed by atoms with van der Waals surface area (Å²) in [5, 5.41) is 10.0. The first-order valence-electron chi connectivity index (χ1n) is 7.31. The minimum Gasteiger partial charge on any atom is -0.389 e. The summed E-state index contributed by atoms with van der Waals surface area (Å²) < 4.78 is 11.3. The van der Waals surface area contributed by atoms with E-state index in [1.54, 1.807) is 0 Å². The number of morpholine rings is 1. The third kappa shape index (κ3) is 5.21. The van der Waals surface area contributed by atoms with Crippen LogP contribution in [-0.2, 0) is 16.1 Å². The fraction of sp³-hybridized carbons (Fsp3) is 0.625. The second-order valence-corrected chi connectivity index (χ2v) is 5.63. The predicted molar refractivity (Wildman–Crippen MR) is 78.6 cm³/mol. The quantitative estimate of drug-likeness (QED) is 0.860. The number of rotatable bonds is 6. The van der Waals surface area contributed by atoms with Crippen LogP contribution >= 0.6 is 0 Å². The van der Waals surface area contributed by atoms with Gasteiger partial charge < -0.3 is 14.6 Å². The molecule has 4 nitrogen and oxygen atoms in total. The number of β-amino-alcohol motifs (C(OH)–C–C–N with tert-alkyl or cyclic N) is 1. The highest BCUT2D eigenvalue weighted by Gasteiger charge is 2.23. The van der Waals surface area contributed by atoms with Crippen LogP contribution in [-0.4, -0.2) is 54.6 Å². The van der Waals surface area contributed by atoms with E-state index in [9.17, 15) is 5.11 Å². The summed E-state index contributed by atoms with van der Waals surface area (Å²) in [7, 11) is 0. The highest BCUT2D eigenvalue weighted by atomic mass is 16.5. The molecular weight excluding hydrogens is 254 g/mol. The second-order valence-electron chi connectivity index (χ2n) is 5.63. The average Bonchev–Trinajstić information content (AvgIpc) is 2.38. The first-order valence-corrected chi connectivity index (χ1v) is 7.31. The van der Waals surface area contributed by atoms with Crippen LogP contribution in [0.1, 0.15) is 19.4 Å². The zero-order chi connectivity index (χ0) is 14.4. The molecule has 0 radical (unpaired) electrons. The molecule has 0 unspecified atom stereocenters. The minimum atomic E-state index is -0.448. The molecule has 0 bridgehead atoms. The molecule has 0 aromatic heterocycles. The Balaban J connectivity index is 1.66.